The number of nitrogen functional groups attached to an aromatic ring is 1. The van der Waals surface area contributed by atoms with Crippen molar-refractivity contribution in [2.24, 2.45) is 0 Å². The van der Waals surface area contributed by atoms with Gasteiger partial charge in [-0.15, -0.1) is 0 Å². The predicted molar refractivity (Wildman–Crippen MR) is 154 cm³/mol. The Morgan fingerprint density at radius 1 is 1.02 bits per heavy atom. The summed E-state index contributed by atoms with van der Waals surface area (Å²) in [7, 11) is -3.68. The van der Waals surface area contributed by atoms with E-state index in [4.69, 9.17) is 22.1 Å². The van der Waals surface area contributed by atoms with Crippen LogP contribution in [0.4, 0.5) is 24.7 Å². The number of benzene rings is 3. The standard InChI is InChI=1S/C29H24ClF3N4O5S/c30-20-6-3-5-19(15-20)28(42-27(39)29(31,32)33,37-21-8-11-23-17(14-21)12-13-35-25(23)34)26(38)36-16-18-4-1-2-7-24(18)43(40,41)22-9-10-22/h1-8,11-15,22,37H,9-10,16H2,(H2,34,35)(H,36,38). The molecule has 4 aromatic rings. The van der Waals surface area contributed by atoms with E-state index in [9.17, 15) is 31.2 Å². The van der Waals surface area contributed by atoms with Crippen molar-refractivity contribution < 1.29 is 35.9 Å². The Morgan fingerprint density at radius 2 is 1.77 bits per heavy atom. The first kappa shape index (κ1) is 30.1. The molecule has 1 atom stereocenters. The fourth-order valence-corrected chi connectivity index (χ4v) is 6.64. The molecule has 0 bridgehead atoms. The van der Waals surface area contributed by atoms with Crippen LogP contribution in [0.25, 0.3) is 10.8 Å². The van der Waals surface area contributed by atoms with Gasteiger partial charge in [-0.2, -0.15) is 13.2 Å². The van der Waals surface area contributed by atoms with Crippen molar-refractivity contribution in [2.75, 3.05) is 11.1 Å². The van der Waals surface area contributed by atoms with E-state index in [0.717, 1.165) is 0 Å². The zero-order valence-corrected chi connectivity index (χ0v) is 23.8. The third kappa shape index (κ3) is 6.22. The number of nitrogens with two attached hydrogens (primary N) is 1. The highest BCUT2D eigenvalue weighted by Crippen LogP contribution is 2.36. The van der Waals surface area contributed by atoms with Crippen molar-refractivity contribution in [2.45, 2.75) is 41.4 Å². The highest BCUT2D eigenvalue weighted by Gasteiger charge is 2.52. The van der Waals surface area contributed by atoms with E-state index in [1.165, 1.54) is 66.9 Å². The van der Waals surface area contributed by atoms with Gasteiger partial charge in [-0.25, -0.2) is 18.2 Å². The molecule has 224 valence electrons. The summed E-state index contributed by atoms with van der Waals surface area (Å²) in [5, 5.41) is 5.70. The molecule has 43 heavy (non-hydrogen) atoms. The predicted octanol–water partition coefficient (Wildman–Crippen LogP) is 5.09. The Hall–Kier alpha value is -4.36. The molecular weight excluding hydrogens is 609 g/mol. The van der Waals surface area contributed by atoms with Crippen LogP contribution in [-0.4, -0.2) is 36.7 Å². The van der Waals surface area contributed by atoms with E-state index in [0.29, 0.717) is 23.6 Å². The quantitative estimate of drug-likeness (QED) is 0.171. The minimum absolute atomic E-state index is 0.00729. The number of carbonyl (C=O) groups excluding carboxylic acids is 2. The summed E-state index contributed by atoms with van der Waals surface area (Å²) in [6.07, 6.45) is -3.03. The summed E-state index contributed by atoms with van der Waals surface area (Å²) < 4.78 is 71.8. The van der Waals surface area contributed by atoms with Gasteiger partial charge in [0, 0.05) is 34.4 Å². The lowest BCUT2D eigenvalue weighted by atomic mass is 9.99. The normalized spacial score (nSPS) is 15.0. The molecule has 0 aliphatic heterocycles. The molecule has 0 radical (unpaired) electrons. The van der Waals surface area contributed by atoms with Crippen LogP contribution in [0.5, 0.6) is 0 Å². The summed E-state index contributed by atoms with van der Waals surface area (Å²) in [5.41, 5.74) is 3.16. The average Bonchev–Trinajstić information content (AvgIpc) is 3.82. The van der Waals surface area contributed by atoms with Crippen molar-refractivity contribution in [1.82, 2.24) is 10.3 Å². The number of hydrogen-bond acceptors (Lipinski definition) is 8. The summed E-state index contributed by atoms with van der Waals surface area (Å²) in [6.45, 7) is -0.408. The van der Waals surface area contributed by atoms with Crippen LogP contribution in [0.3, 0.4) is 0 Å². The number of esters is 1. The first-order chi connectivity index (χ1) is 20.3. The van der Waals surface area contributed by atoms with Crippen LogP contribution >= 0.6 is 11.6 Å². The molecule has 5 rings (SSSR count). The van der Waals surface area contributed by atoms with Gasteiger partial charge in [-0.05, 0) is 66.3 Å². The number of anilines is 2. The highest BCUT2D eigenvalue weighted by molar-refractivity contribution is 7.92. The van der Waals surface area contributed by atoms with Crippen molar-refractivity contribution in [3.8, 4) is 0 Å². The topological polar surface area (TPSA) is 140 Å². The van der Waals surface area contributed by atoms with E-state index in [-0.39, 0.29) is 32.6 Å². The van der Waals surface area contributed by atoms with Gasteiger partial charge in [-0.3, -0.25) is 4.79 Å². The molecule has 14 heteroatoms. The van der Waals surface area contributed by atoms with Gasteiger partial charge in [0.2, 0.25) is 0 Å². The number of ether oxygens (including phenoxy) is 1. The maximum Gasteiger partial charge on any atom is 0.491 e. The van der Waals surface area contributed by atoms with Crippen molar-refractivity contribution in [3.05, 3.63) is 95.1 Å². The lowest BCUT2D eigenvalue weighted by molar-refractivity contribution is -0.213. The molecule has 1 aliphatic rings. The zero-order chi connectivity index (χ0) is 31.0. The first-order valence-corrected chi connectivity index (χ1v) is 14.8. The van der Waals surface area contributed by atoms with Crippen LogP contribution in [0.1, 0.15) is 24.0 Å². The summed E-state index contributed by atoms with van der Waals surface area (Å²) in [4.78, 5) is 30.3. The summed E-state index contributed by atoms with van der Waals surface area (Å²) >= 11 is 6.15. The SMILES string of the molecule is Nc1nccc2cc(NC(OC(=O)C(F)(F)F)(C(=O)NCc3ccccc3S(=O)(=O)C3CC3)c3cccc(Cl)c3)ccc12. The van der Waals surface area contributed by atoms with Crippen LogP contribution in [0.15, 0.2) is 83.9 Å². The number of fused-ring (bicyclic) bond motifs is 1. The third-order valence-corrected chi connectivity index (χ3v) is 9.42. The number of nitrogens with one attached hydrogen (secondary N) is 2. The van der Waals surface area contributed by atoms with Crippen LogP contribution in [0, 0.1) is 0 Å². The molecule has 1 unspecified atom stereocenters. The molecule has 1 saturated carbocycles. The van der Waals surface area contributed by atoms with E-state index in [1.54, 1.807) is 12.1 Å². The minimum Gasteiger partial charge on any atom is -0.418 e. The van der Waals surface area contributed by atoms with Gasteiger partial charge in [0.1, 0.15) is 5.82 Å². The van der Waals surface area contributed by atoms with Gasteiger partial charge >= 0.3 is 12.1 Å². The van der Waals surface area contributed by atoms with Crippen LogP contribution in [-0.2, 0) is 36.4 Å². The molecule has 1 aromatic heterocycles. The molecule has 1 amide bonds. The van der Waals surface area contributed by atoms with Crippen molar-refractivity contribution in [3.63, 3.8) is 0 Å². The molecule has 0 saturated heterocycles. The molecule has 0 spiro atoms. The second-order valence-electron chi connectivity index (χ2n) is 9.87. The number of nitrogens with zero attached hydrogens (tertiary/aromatic N) is 1. The van der Waals surface area contributed by atoms with E-state index in [1.807, 2.05) is 0 Å². The van der Waals surface area contributed by atoms with Crippen LogP contribution < -0.4 is 16.4 Å². The van der Waals surface area contributed by atoms with Crippen molar-refractivity contribution in [1.29, 1.82) is 0 Å². The smallest absolute Gasteiger partial charge is 0.418 e. The number of halogens is 4. The number of sulfone groups is 1. The van der Waals surface area contributed by atoms with Gasteiger partial charge in [0.25, 0.3) is 11.6 Å². The molecule has 9 nitrogen and oxygen atoms in total. The van der Waals surface area contributed by atoms with Gasteiger partial charge in [0.15, 0.2) is 9.84 Å². The number of amides is 1. The second kappa shape index (κ2) is 11.4. The minimum atomic E-state index is -5.47. The first-order valence-electron chi connectivity index (χ1n) is 12.9. The fraction of sp³-hybridized carbons (Fsp3) is 0.207. The number of hydrogen-bond donors (Lipinski definition) is 3. The zero-order valence-electron chi connectivity index (χ0n) is 22.2. The number of alkyl halides is 3. The lowest BCUT2D eigenvalue weighted by Gasteiger charge is -2.34. The second-order valence-corrected chi connectivity index (χ2v) is 12.5. The van der Waals surface area contributed by atoms with E-state index < -0.39 is 45.4 Å². The maximum absolute atomic E-state index is 14.0. The highest BCUT2D eigenvalue weighted by atomic mass is 35.5. The molecule has 3 aromatic carbocycles. The Morgan fingerprint density at radius 3 is 2.47 bits per heavy atom. The molecular formula is C29H24ClF3N4O5S. The van der Waals surface area contributed by atoms with E-state index in [2.05, 4.69) is 15.6 Å². The fourth-order valence-electron chi connectivity index (χ4n) is 4.56. The Balaban J connectivity index is 1.59. The van der Waals surface area contributed by atoms with E-state index >= 15 is 0 Å². The van der Waals surface area contributed by atoms with Crippen LogP contribution in [0.2, 0.25) is 5.02 Å². The Bertz CT molecular complexity index is 1830. The molecule has 1 fully saturated rings. The summed E-state index contributed by atoms with van der Waals surface area (Å²) in [6, 6.07) is 17.2. The largest absolute Gasteiger partial charge is 0.491 e. The molecule has 4 N–H and O–H groups in total. The lowest BCUT2D eigenvalue weighted by Crippen LogP contribution is -2.54. The third-order valence-electron chi connectivity index (χ3n) is 6.83. The average molecular weight is 633 g/mol. The number of pyridine rings is 1. The number of rotatable bonds is 9. The monoisotopic (exact) mass is 632 g/mol. The van der Waals surface area contributed by atoms with Gasteiger partial charge in [0.05, 0.1) is 10.1 Å². The number of aromatic nitrogens is 1. The Labute approximate surface area is 249 Å². The van der Waals surface area contributed by atoms with Gasteiger partial charge in [-0.1, -0.05) is 41.9 Å². The Kier molecular flexibility index (Phi) is 7.97. The van der Waals surface area contributed by atoms with Gasteiger partial charge < -0.3 is 21.1 Å². The molecule has 1 heterocycles. The summed E-state index contributed by atoms with van der Waals surface area (Å²) in [5.74, 6) is -3.67. The maximum atomic E-state index is 14.0. The van der Waals surface area contributed by atoms with Crippen molar-refractivity contribution >= 4 is 55.6 Å². The number of carbonyl (C=O) groups is 2. The molecule has 1 aliphatic carbocycles.